The van der Waals surface area contributed by atoms with Crippen molar-refractivity contribution < 1.29 is 14.3 Å². The zero-order chi connectivity index (χ0) is 19.1. The fourth-order valence-corrected chi connectivity index (χ4v) is 2.56. The lowest BCUT2D eigenvalue weighted by atomic mass is 10.1. The van der Waals surface area contributed by atoms with Crippen molar-refractivity contribution in [2.24, 2.45) is 0 Å². The summed E-state index contributed by atoms with van der Waals surface area (Å²) in [6.07, 6.45) is 0.828. The Morgan fingerprint density at radius 3 is 2.58 bits per heavy atom. The Morgan fingerprint density at radius 1 is 1.12 bits per heavy atom. The molecule has 0 atom stereocenters. The maximum Gasteiger partial charge on any atom is 0.260 e. The lowest BCUT2D eigenvalue weighted by Crippen LogP contribution is -2.37. The number of para-hydroxylation sites is 1. The predicted molar refractivity (Wildman–Crippen MR) is 103 cm³/mol. The van der Waals surface area contributed by atoms with Gasteiger partial charge in [-0.3, -0.25) is 9.59 Å². The van der Waals surface area contributed by atoms with E-state index in [0.29, 0.717) is 5.75 Å². The molecule has 138 valence electrons. The Balaban J connectivity index is 1.88. The molecule has 26 heavy (non-hydrogen) atoms. The van der Waals surface area contributed by atoms with E-state index in [1.54, 1.807) is 7.05 Å². The number of nitrogens with one attached hydrogen (secondary N) is 1. The fourth-order valence-electron chi connectivity index (χ4n) is 2.56. The molecular formula is C21H26N2O3. The van der Waals surface area contributed by atoms with Gasteiger partial charge in [0.2, 0.25) is 5.91 Å². The highest BCUT2D eigenvalue weighted by molar-refractivity contribution is 5.95. The molecule has 5 nitrogen and oxygen atoms in total. The maximum absolute atomic E-state index is 12.2. The molecule has 0 aromatic heterocycles. The van der Waals surface area contributed by atoms with E-state index in [9.17, 15) is 9.59 Å². The summed E-state index contributed by atoms with van der Waals surface area (Å²) in [6, 6.07) is 13.5. The standard InChI is InChI=1S/C21H26N2O3/c1-5-17-8-6-7-9-18(17)22-20(24)13-23(4)21(25)14-26-19-12-15(2)10-11-16(19)3/h6-12H,5,13-14H2,1-4H3,(H,22,24). The number of ether oxygens (including phenoxy) is 1. The monoisotopic (exact) mass is 354 g/mol. The van der Waals surface area contributed by atoms with Crippen LogP contribution in [0.2, 0.25) is 0 Å². The molecule has 2 amide bonds. The molecule has 0 aliphatic rings. The third-order valence-corrected chi connectivity index (χ3v) is 4.17. The number of likely N-dealkylation sites (N-methyl/N-ethyl adjacent to an activating group) is 1. The molecule has 2 aromatic rings. The van der Waals surface area contributed by atoms with Gasteiger partial charge in [-0.1, -0.05) is 37.3 Å². The third kappa shape index (κ3) is 5.34. The molecule has 0 aliphatic heterocycles. The number of aryl methyl sites for hydroxylation is 3. The molecule has 0 unspecified atom stereocenters. The summed E-state index contributed by atoms with van der Waals surface area (Å²) in [6.45, 7) is 5.82. The van der Waals surface area contributed by atoms with Crippen LogP contribution in [-0.4, -0.2) is 36.9 Å². The minimum Gasteiger partial charge on any atom is -0.483 e. The highest BCUT2D eigenvalue weighted by Gasteiger charge is 2.15. The van der Waals surface area contributed by atoms with Crippen LogP contribution in [-0.2, 0) is 16.0 Å². The Labute approximate surface area is 155 Å². The van der Waals surface area contributed by atoms with Crippen molar-refractivity contribution >= 4 is 17.5 Å². The van der Waals surface area contributed by atoms with E-state index in [1.165, 1.54) is 4.90 Å². The average molecular weight is 354 g/mol. The number of hydrogen-bond donors (Lipinski definition) is 1. The topological polar surface area (TPSA) is 58.6 Å². The van der Waals surface area contributed by atoms with E-state index in [4.69, 9.17) is 4.74 Å². The summed E-state index contributed by atoms with van der Waals surface area (Å²) in [5.41, 5.74) is 3.89. The SMILES string of the molecule is CCc1ccccc1NC(=O)CN(C)C(=O)COc1cc(C)ccc1C. The average Bonchev–Trinajstić information content (AvgIpc) is 2.62. The highest BCUT2D eigenvalue weighted by atomic mass is 16.5. The van der Waals surface area contributed by atoms with Gasteiger partial charge in [-0.05, 0) is 49.1 Å². The first kappa shape index (κ1) is 19.5. The lowest BCUT2D eigenvalue weighted by Gasteiger charge is -2.18. The van der Waals surface area contributed by atoms with E-state index in [0.717, 1.165) is 28.8 Å². The van der Waals surface area contributed by atoms with Crippen LogP contribution in [0.3, 0.4) is 0 Å². The molecule has 0 saturated heterocycles. The fraction of sp³-hybridized carbons (Fsp3) is 0.333. The first-order chi connectivity index (χ1) is 12.4. The van der Waals surface area contributed by atoms with E-state index >= 15 is 0 Å². The normalized spacial score (nSPS) is 10.3. The molecular weight excluding hydrogens is 328 g/mol. The summed E-state index contributed by atoms with van der Waals surface area (Å²) in [5.74, 6) is 0.214. The number of amides is 2. The van der Waals surface area contributed by atoms with Crippen molar-refractivity contribution in [1.29, 1.82) is 0 Å². The van der Waals surface area contributed by atoms with Gasteiger partial charge in [0.15, 0.2) is 6.61 Å². The molecule has 0 bridgehead atoms. The van der Waals surface area contributed by atoms with Crippen molar-refractivity contribution in [2.75, 3.05) is 25.5 Å². The molecule has 0 radical (unpaired) electrons. The quantitative estimate of drug-likeness (QED) is 0.830. The second-order valence-electron chi connectivity index (χ2n) is 6.37. The van der Waals surface area contributed by atoms with Gasteiger partial charge < -0.3 is 15.0 Å². The molecule has 2 rings (SSSR count). The van der Waals surface area contributed by atoms with Crippen LogP contribution >= 0.6 is 0 Å². The van der Waals surface area contributed by atoms with Crippen LogP contribution in [0, 0.1) is 13.8 Å². The number of nitrogens with zero attached hydrogens (tertiary/aromatic N) is 1. The number of carbonyl (C=O) groups excluding carboxylic acids is 2. The maximum atomic E-state index is 12.2. The number of hydrogen-bond acceptors (Lipinski definition) is 3. The minimum absolute atomic E-state index is 0.0208. The van der Waals surface area contributed by atoms with Crippen molar-refractivity contribution in [3.8, 4) is 5.75 Å². The molecule has 0 fully saturated rings. The molecule has 1 N–H and O–H groups in total. The van der Waals surface area contributed by atoms with E-state index in [1.807, 2.05) is 63.2 Å². The second kappa shape index (κ2) is 9.04. The van der Waals surface area contributed by atoms with E-state index in [-0.39, 0.29) is 25.0 Å². The summed E-state index contributed by atoms with van der Waals surface area (Å²) in [4.78, 5) is 25.8. The molecule has 0 aliphatic carbocycles. The van der Waals surface area contributed by atoms with Gasteiger partial charge in [-0.2, -0.15) is 0 Å². The molecule has 0 saturated carbocycles. The number of anilines is 1. The summed E-state index contributed by atoms with van der Waals surface area (Å²) in [5, 5.41) is 2.86. The van der Waals surface area contributed by atoms with Crippen LogP contribution in [0.4, 0.5) is 5.69 Å². The number of benzene rings is 2. The van der Waals surface area contributed by atoms with Crippen molar-refractivity contribution in [1.82, 2.24) is 4.90 Å². The largest absolute Gasteiger partial charge is 0.483 e. The summed E-state index contributed by atoms with van der Waals surface area (Å²) < 4.78 is 5.61. The Bertz CT molecular complexity index is 787. The highest BCUT2D eigenvalue weighted by Crippen LogP contribution is 2.19. The molecule has 0 heterocycles. The summed E-state index contributed by atoms with van der Waals surface area (Å²) >= 11 is 0. The zero-order valence-corrected chi connectivity index (χ0v) is 15.8. The number of rotatable bonds is 7. The van der Waals surface area contributed by atoms with Gasteiger partial charge in [0.25, 0.3) is 5.91 Å². The van der Waals surface area contributed by atoms with E-state index in [2.05, 4.69) is 5.32 Å². The Kier molecular flexibility index (Phi) is 6.78. The first-order valence-electron chi connectivity index (χ1n) is 8.72. The van der Waals surface area contributed by atoms with Crippen LogP contribution in [0.25, 0.3) is 0 Å². The van der Waals surface area contributed by atoms with Crippen LogP contribution in [0.15, 0.2) is 42.5 Å². The van der Waals surface area contributed by atoms with Gasteiger partial charge in [-0.15, -0.1) is 0 Å². The Hall–Kier alpha value is -2.82. The molecule has 5 heteroatoms. The van der Waals surface area contributed by atoms with Crippen LogP contribution in [0.1, 0.15) is 23.6 Å². The smallest absolute Gasteiger partial charge is 0.260 e. The van der Waals surface area contributed by atoms with Gasteiger partial charge >= 0.3 is 0 Å². The first-order valence-corrected chi connectivity index (χ1v) is 8.72. The number of carbonyl (C=O) groups is 2. The van der Waals surface area contributed by atoms with Gasteiger partial charge in [-0.25, -0.2) is 0 Å². The van der Waals surface area contributed by atoms with Crippen molar-refractivity contribution in [2.45, 2.75) is 27.2 Å². The Morgan fingerprint density at radius 2 is 1.85 bits per heavy atom. The summed E-state index contributed by atoms with van der Waals surface area (Å²) in [7, 11) is 1.60. The lowest BCUT2D eigenvalue weighted by molar-refractivity contribution is -0.135. The predicted octanol–water partition coefficient (Wildman–Crippen LogP) is 3.34. The zero-order valence-electron chi connectivity index (χ0n) is 15.8. The second-order valence-corrected chi connectivity index (χ2v) is 6.37. The minimum atomic E-state index is -0.246. The van der Waals surface area contributed by atoms with Crippen LogP contribution in [0.5, 0.6) is 5.75 Å². The van der Waals surface area contributed by atoms with Gasteiger partial charge in [0.1, 0.15) is 5.75 Å². The van der Waals surface area contributed by atoms with Crippen molar-refractivity contribution in [3.05, 3.63) is 59.2 Å². The molecule has 2 aromatic carbocycles. The van der Waals surface area contributed by atoms with E-state index < -0.39 is 0 Å². The van der Waals surface area contributed by atoms with Gasteiger partial charge in [0, 0.05) is 12.7 Å². The van der Waals surface area contributed by atoms with Crippen LogP contribution < -0.4 is 10.1 Å². The third-order valence-electron chi connectivity index (χ3n) is 4.17. The molecule has 0 spiro atoms. The van der Waals surface area contributed by atoms with Gasteiger partial charge in [0.05, 0.1) is 6.54 Å². The van der Waals surface area contributed by atoms with Crippen molar-refractivity contribution in [3.63, 3.8) is 0 Å².